The summed E-state index contributed by atoms with van der Waals surface area (Å²) < 4.78 is 5.37. The first-order valence-electron chi connectivity index (χ1n) is 8.21. The molecule has 0 fully saturated rings. The molecule has 0 atom stereocenters. The molecule has 3 N–H and O–H groups in total. The Morgan fingerprint density at radius 1 is 0.920 bits per heavy atom. The Labute approximate surface area is 147 Å². The SMILES string of the molecule is CCOc1ccc(NC(=O)c2ccc(NC(=O)CCNC)cc2)cc1. The van der Waals surface area contributed by atoms with E-state index in [2.05, 4.69) is 16.0 Å². The van der Waals surface area contributed by atoms with Gasteiger partial charge in [-0.15, -0.1) is 0 Å². The zero-order valence-electron chi connectivity index (χ0n) is 14.5. The first kappa shape index (κ1) is 18.5. The molecule has 6 nitrogen and oxygen atoms in total. The average Bonchev–Trinajstić information content (AvgIpc) is 2.62. The summed E-state index contributed by atoms with van der Waals surface area (Å²) >= 11 is 0. The number of carbonyl (C=O) groups is 2. The van der Waals surface area contributed by atoms with Crippen molar-refractivity contribution in [3.63, 3.8) is 0 Å². The van der Waals surface area contributed by atoms with E-state index in [9.17, 15) is 9.59 Å². The Bertz CT molecular complexity index is 697. The van der Waals surface area contributed by atoms with Gasteiger partial charge in [0.15, 0.2) is 0 Å². The van der Waals surface area contributed by atoms with Crippen LogP contribution in [0.25, 0.3) is 0 Å². The van der Waals surface area contributed by atoms with Crippen molar-refractivity contribution in [2.75, 3.05) is 30.8 Å². The molecule has 0 unspecified atom stereocenters. The van der Waals surface area contributed by atoms with Gasteiger partial charge in [0.1, 0.15) is 5.75 Å². The molecule has 25 heavy (non-hydrogen) atoms. The minimum atomic E-state index is -0.211. The summed E-state index contributed by atoms with van der Waals surface area (Å²) in [5.74, 6) is 0.483. The van der Waals surface area contributed by atoms with Crippen LogP contribution >= 0.6 is 0 Å². The molecule has 0 spiro atoms. The zero-order chi connectivity index (χ0) is 18.1. The minimum Gasteiger partial charge on any atom is -0.494 e. The molecule has 0 aliphatic heterocycles. The van der Waals surface area contributed by atoms with E-state index in [1.54, 1.807) is 43.4 Å². The molecule has 0 aliphatic rings. The van der Waals surface area contributed by atoms with E-state index in [0.29, 0.717) is 36.5 Å². The third-order valence-electron chi connectivity index (χ3n) is 3.46. The van der Waals surface area contributed by atoms with Gasteiger partial charge in [0, 0.05) is 29.9 Å². The van der Waals surface area contributed by atoms with Gasteiger partial charge < -0.3 is 20.7 Å². The first-order valence-corrected chi connectivity index (χ1v) is 8.21. The number of nitrogens with one attached hydrogen (secondary N) is 3. The predicted octanol–water partition coefficient (Wildman–Crippen LogP) is 2.89. The maximum absolute atomic E-state index is 12.3. The van der Waals surface area contributed by atoms with Crippen LogP contribution in [0.15, 0.2) is 48.5 Å². The highest BCUT2D eigenvalue weighted by atomic mass is 16.5. The number of ether oxygens (including phenoxy) is 1. The Hall–Kier alpha value is -2.86. The molecule has 2 aromatic rings. The second kappa shape index (κ2) is 9.44. The topological polar surface area (TPSA) is 79.5 Å². The number of amides is 2. The second-order valence-electron chi connectivity index (χ2n) is 5.39. The van der Waals surface area contributed by atoms with E-state index < -0.39 is 0 Å². The van der Waals surface area contributed by atoms with Crippen molar-refractivity contribution in [1.82, 2.24) is 5.32 Å². The summed E-state index contributed by atoms with van der Waals surface area (Å²) in [5.41, 5.74) is 1.87. The van der Waals surface area contributed by atoms with Crippen molar-refractivity contribution in [3.05, 3.63) is 54.1 Å². The molecule has 6 heteroatoms. The van der Waals surface area contributed by atoms with Crippen molar-refractivity contribution in [1.29, 1.82) is 0 Å². The quantitative estimate of drug-likeness (QED) is 0.690. The van der Waals surface area contributed by atoms with Crippen LogP contribution in [0.4, 0.5) is 11.4 Å². The van der Waals surface area contributed by atoms with Crippen LogP contribution in [0.1, 0.15) is 23.7 Å². The average molecular weight is 341 g/mol. The van der Waals surface area contributed by atoms with E-state index in [1.165, 1.54) is 0 Å². The molecule has 2 aromatic carbocycles. The molecule has 0 saturated carbocycles. The number of carbonyl (C=O) groups excluding carboxylic acids is 2. The molecule has 2 rings (SSSR count). The third kappa shape index (κ3) is 5.93. The van der Waals surface area contributed by atoms with E-state index in [1.807, 2.05) is 19.1 Å². The lowest BCUT2D eigenvalue weighted by molar-refractivity contribution is -0.116. The van der Waals surface area contributed by atoms with Crippen molar-refractivity contribution in [2.45, 2.75) is 13.3 Å². The van der Waals surface area contributed by atoms with Gasteiger partial charge in [-0.25, -0.2) is 0 Å². The van der Waals surface area contributed by atoms with Crippen LogP contribution in [0.5, 0.6) is 5.75 Å². The van der Waals surface area contributed by atoms with Crippen molar-refractivity contribution in [3.8, 4) is 5.75 Å². The van der Waals surface area contributed by atoms with Crippen molar-refractivity contribution >= 4 is 23.2 Å². The number of benzene rings is 2. The van der Waals surface area contributed by atoms with Gasteiger partial charge in [-0.1, -0.05) is 0 Å². The van der Waals surface area contributed by atoms with Crippen LogP contribution < -0.4 is 20.7 Å². The van der Waals surface area contributed by atoms with Crippen LogP contribution in [0.3, 0.4) is 0 Å². The molecular formula is C19H23N3O3. The molecule has 0 bridgehead atoms. The molecule has 0 saturated heterocycles. The van der Waals surface area contributed by atoms with Gasteiger partial charge in [-0.05, 0) is 62.5 Å². The molecule has 0 heterocycles. The Kier molecular flexibility index (Phi) is 6.98. The smallest absolute Gasteiger partial charge is 0.255 e. The van der Waals surface area contributed by atoms with E-state index in [-0.39, 0.29) is 11.8 Å². The highest BCUT2D eigenvalue weighted by Gasteiger charge is 2.07. The monoisotopic (exact) mass is 341 g/mol. The Morgan fingerprint density at radius 2 is 1.52 bits per heavy atom. The number of hydrogen-bond acceptors (Lipinski definition) is 4. The fourth-order valence-corrected chi connectivity index (χ4v) is 2.17. The summed E-state index contributed by atoms with van der Waals surface area (Å²) in [4.78, 5) is 23.9. The fraction of sp³-hybridized carbons (Fsp3) is 0.263. The van der Waals surface area contributed by atoms with E-state index in [4.69, 9.17) is 4.74 Å². The lowest BCUT2D eigenvalue weighted by atomic mass is 10.2. The first-order chi connectivity index (χ1) is 12.1. The predicted molar refractivity (Wildman–Crippen MR) is 99.2 cm³/mol. The van der Waals surface area contributed by atoms with Crippen molar-refractivity contribution in [2.24, 2.45) is 0 Å². The Balaban J connectivity index is 1.92. The molecule has 2 amide bonds. The number of hydrogen-bond donors (Lipinski definition) is 3. The molecule has 132 valence electrons. The minimum absolute atomic E-state index is 0.0686. The Morgan fingerprint density at radius 3 is 2.12 bits per heavy atom. The van der Waals surface area contributed by atoms with Gasteiger partial charge >= 0.3 is 0 Å². The highest BCUT2D eigenvalue weighted by Crippen LogP contribution is 2.17. The summed E-state index contributed by atoms with van der Waals surface area (Å²) in [7, 11) is 1.80. The number of anilines is 2. The van der Waals surface area contributed by atoms with Gasteiger partial charge in [0.25, 0.3) is 5.91 Å². The van der Waals surface area contributed by atoms with Gasteiger partial charge in [-0.2, -0.15) is 0 Å². The van der Waals surface area contributed by atoms with Crippen LogP contribution in [-0.2, 0) is 4.79 Å². The lowest BCUT2D eigenvalue weighted by Gasteiger charge is -2.08. The fourth-order valence-electron chi connectivity index (χ4n) is 2.17. The normalized spacial score (nSPS) is 10.2. The van der Waals surface area contributed by atoms with Gasteiger partial charge in [0.05, 0.1) is 6.61 Å². The third-order valence-corrected chi connectivity index (χ3v) is 3.46. The van der Waals surface area contributed by atoms with Crippen LogP contribution in [0.2, 0.25) is 0 Å². The van der Waals surface area contributed by atoms with Crippen LogP contribution in [-0.4, -0.2) is 32.0 Å². The second-order valence-corrected chi connectivity index (χ2v) is 5.39. The summed E-state index contributed by atoms with van der Waals surface area (Å²) in [6, 6.07) is 14.0. The highest BCUT2D eigenvalue weighted by molar-refractivity contribution is 6.04. The van der Waals surface area contributed by atoms with Gasteiger partial charge in [0.2, 0.25) is 5.91 Å². The summed E-state index contributed by atoms with van der Waals surface area (Å²) in [6.07, 6.45) is 0.399. The van der Waals surface area contributed by atoms with E-state index in [0.717, 1.165) is 5.75 Å². The number of rotatable bonds is 8. The lowest BCUT2D eigenvalue weighted by Crippen LogP contribution is -2.18. The summed E-state index contributed by atoms with van der Waals surface area (Å²) in [6.45, 7) is 3.14. The molecular weight excluding hydrogens is 318 g/mol. The molecule has 0 aliphatic carbocycles. The standard InChI is InChI=1S/C19H23N3O3/c1-3-25-17-10-8-16(9-11-17)22-19(24)14-4-6-15(7-5-14)21-18(23)12-13-20-2/h4-11,20H,3,12-13H2,1-2H3,(H,21,23)(H,22,24). The molecule has 0 aromatic heterocycles. The maximum Gasteiger partial charge on any atom is 0.255 e. The van der Waals surface area contributed by atoms with Crippen molar-refractivity contribution < 1.29 is 14.3 Å². The van der Waals surface area contributed by atoms with E-state index >= 15 is 0 Å². The molecule has 0 radical (unpaired) electrons. The maximum atomic E-state index is 12.3. The van der Waals surface area contributed by atoms with Gasteiger partial charge in [-0.3, -0.25) is 9.59 Å². The largest absolute Gasteiger partial charge is 0.494 e. The van der Waals surface area contributed by atoms with Crippen LogP contribution in [0, 0.1) is 0 Å². The summed E-state index contributed by atoms with van der Waals surface area (Å²) in [5, 5.41) is 8.53. The zero-order valence-corrected chi connectivity index (χ0v) is 14.5.